The van der Waals surface area contributed by atoms with E-state index in [9.17, 15) is 18.0 Å². The molecular formula is C18H23F3N6O. The van der Waals surface area contributed by atoms with Crippen LogP contribution in [0.15, 0.2) is 35.6 Å². The first-order valence-corrected chi connectivity index (χ1v) is 8.93. The van der Waals surface area contributed by atoms with Crippen molar-refractivity contribution in [2.45, 2.75) is 25.1 Å². The number of alkyl halides is 3. The summed E-state index contributed by atoms with van der Waals surface area (Å²) >= 11 is 0. The van der Waals surface area contributed by atoms with Gasteiger partial charge in [0.2, 0.25) is 5.91 Å². The number of hydrogen-bond donors (Lipinski definition) is 3. The number of H-pyrrole nitrogens is 1. The monoisotopic (exact) mass is 396 g/mol. The highest BCUT2D eigenvalue weighted by Crippen LogP contribution is 2.21. The highest BCUT2D eigenvalue weighted by Gasteiger charge is 2.35. The molecule has 1 unspecified atom stereocenters. The van der Waals surface area contributed by atoms with Gasteiger partial charge in [-0.25, -0.2) is 0 Å². The summed E-state index contributed by atoms with van der Waals surface area (Å²) in [6, 6.07) is 7.41. The van der Waals surface area contributed by atoms with E-state index in [0.29, 0.717) is 6.42 Å². The van der Waals surface area contributed by atoms with E-state index < -0.39 is 18.8 Å². The SMILES string of the molecule is N/N=C1/CN(C(=O)CC(N)Cc2c[nH]c3ccccc23)CCN1CC(F)(F)F. The zero-order valence-corrected chi connectivity index (χ0v) is 15.2. The Morgan fingerprint density at radius 3 is 2.75 bits per heavy atom. The second-order valence-corrected chi connectivity index (χ2v) is 6.93. The predicted molar refractivity (Wildman–Crippen MR) is 100 cm³/mol. The molecule has 1 aliphatic rings. The fraction of sp³-hybridized carbons (Fsp3) is 0.444. The molecule has 10 heteroatoms. The van der Waals surface area contributed by atoms with Crippen LogP contribution in [-0.4, -0.2) is 64.9 Å². The number of rotatable bonds is 5. The van der Waals surface area contributed by atoms with Crippen LogP contribution in [0.25, 0.3) is 10.9 Å². The number of fused-ring (bicyclic) bond motifs is 1. The third-order valence-corrected chi connectivity index (χ3v) is 4.80. The van der Waals surface area contributed by atoms with E-state index in [2.05, 4.69) is 10.1 Å². The molecule has 1 atom stereocenters. The van der Waals surface area contributed by atoms with Gasteiger partial charge in [0.25, 0.3) is 0 Å². The van der Waals surface area contributed by atoms with Gasteiger partial charge in [-0.3, -0.25) is 4.79 Å². The molecule has 3 rings (SSSR count). The van der Waals surface area contributed by atoms with Crippen LogP contribution in [0.5, 0.6) is 0 Å². The van der Waals surface area contributed by atoms with Crippen LogP contribution in [0.1, 0.15) is 12.0 Å². The Bertz CT molecular complexity index is 862. The Labute approximate surface area is 160 Å². The number of hydrogen-bond acceptors (Lipinski definition) is 4. The summed E-state index contributed by atoms with van der Waals surface area (Å²) in [5.74, 6) is 5.05. The minimum absolute atomic E-state index is 0.0268. The minimum Gasteiger partial charge on any atom is -0.361 e. The van der Waals surface area contributed by atoms with Crippen molar-refractivity contribution in [1.82, 2.24) is 14.8 Å². The molecular weight excluding hydrogens is 373 g/mol. The normalized spacial score (nSPS) is 18.1. The van der Waals surface area contributed by atoms with Crippen molar-refractivity contribution in [2.75, 3.05) is 26.2 Å². The summed E-state index contributed by atoms with van der Waals surface area (Å²) in [6.45, 7) is -0.983. The number of aromatic amines is 1. The smallest absolute Gasteiger partial charge is 0.361 e. The van der Waals surface area contributed by atoms with Gasteiger partial charge in [-0.1, -0.05) is 18.2 Å². The van der Waals surface area contributed by atoms with Gasteiger partial charge >= 0.3 is 6.18 Å². The van der Waals surface area contributed by atoms with Crippen LogP contribution in [0.4, 0.5) is 13.2 Å². The van der Waals surface area contributed by atoms with Crippen LogP contribution in [0.2, 0.25) is 0 Å². The molecule has 152 valence electrons. The summed E-state index contributed by atoms with van der Waals surface area (Å²) < 4.78 is 37.9. The Morgan fingerprint density at radius 2 is 2.04 bits per heavy atom. The van der Waals surface area contributed by atoms with E-state index >= 15 is 0 Å². The number of halogens is 3. The Morgan fingerprint density at radius 1 is 1.29 bits per heavy atom. The maximum atomic E-state index is 12.6. The van der Waals surface area contributed by atoms with E-state index in [4.69, 9.17) is 11.6 Å². The molecule has 0 aliphatic carbocycles. The lowest BCUT2D eigenvalue weighted by atomic mass is 10.0. The first kappa shape index (κ1) is 20.0. The van der Waals surface area contributed by atoms with Gasteiger partial charge in [0, 0.05) is 42.7 Å². The molecule has 1 aliphatic heterocycles. The van der Waals surface area contributed by atoms with Crippen molar-refractivity contribution < 1.29 is 18.0 Å². The molecule has 1 fully saturated rings. The molecule has 1 aromatic carbocycles. The molecule has 0 saturated carbocycles. The summed E-state index contributed by atoms with van der Waals surface area (Å²) in [6.07, 6.45) is -1.87. The molecule has 28 heavy (non-hydrogen) atoms. The molecule has 5 N–H and O–H groups in total. The van der Waals surface area contributed by atoms with E-state index in [-0.39, 0.29) is 37.8 Å². The number of aromatic nitrogens is 1. The van der Waals surface area contributed by atoms with Crippen LogP contribution in [-0.2, 0) is 11.2 Å². The molecule has 0 radical (unpaired) electrons. The molecule has 2 heterocycles. The summed E-state index contributed by atoms with van der Waals surface area (Å²) in [7, 11) is 0. The third kappa shape index (κ3) is 4.75. The van der Waals surface area contributed by atoms with Crippen molar-refractivity contribution in [3.8, 4) is 0 Å². The largest absolute Gasteiger partial charge is 0.405 e. The standard InChI is InChI=1S/C18H23F3N6O/c19-18(20,21)11-27-6-5-26(10-16(27)25-23)17(28)8-13(22)7-12-9-24-15-4-2-1-3-14(12)15/h1-4,9,13,24H,5-8,10-11,22-23H2/b25-16-. The predicted octanol–water partition coefficient (Wildman–Crippen LogP) is 1.41. The van der Waals surface area contributed by atoms with Crippen LogP contribution >= 0.6 is 0 Å². The van der Waals surface area contributed by atoms with Gasteiger partial charge in [0.05, 0.1) is 6.54 Å². The van der Waals surface area contributed by atoms with Gasteiger partial charge in [-0.15, -0.1) is 0 Å². The number of para-hydroxylation sites is 1. The lowest BCUT2D eigenvalue weighted by Crippen LogP contribution is -2.55. The second-order valence-electron chi connectivity index (χ2n) is 6.93. The lowest BCUT2D eigenvalue weighted by Gasteiger charge is -2.37. The van der Waals surface area contributed by atoms with Gasteiger partial charge < -0.3 is 26.4 Å². The molecule has 7 nitrogen and oxygen atoms in total. The van der Waals surface area contributed by atoms with Gasteiger partial charge in [0.15, 0.2) is 0 Å². The first-order valence-electron chi connectivity index (χ1n) is 8.93. The number of amides is 1. The van der Waals surface area contributed by atoms with Crippen molar-refractivity contribution in [2.24, 2.45) is 16.7 Å². The fourth-order valence-corrected chi connectivity index (χ4v) is 3.45. The summed E-state index contributed by atoms with van der Waals surface area (Å²) in [5.41, 5.74) is 8.19. The Balaban J connectivity index is 1.57. The molecule has 0 bridgehead atoms. The number of nitrogens with one attached hydrogen (secondary N) is 1. The van der Waals surface area contributed by atoms with Gasteiger partial charge in [0.1, 0.15) is 12.4 Å². The number of benzene rings is 1. The number of carbonyl (C=O) groups is 1. The average molecular weight is 396 g/mol. The Kier molecular flexibility index (Phi) is 5.78. The van der Waals surface area contributed by atoms with Crippen molar-refractivity contribution in [3.63, 3.8) is 0 Å². The van der Waals surface area contributed by atoms with Crippen LogP contribution in [0, 0.1) is 0 Å². The zero-order chi connectivity index (χ0) is 20.3. The van der Waals surface area contributed by atoms with E-state index in [1.807, 2.05) is 30.5 Å². The number of piperazine rings is 1. The molecule has 0 spiro atoms. The van der Waals surface area contributed by atoms with Crippen molar-refractivity contribution >= 4 is 22.6 Å². The second kappa shape index (κ2) is 8.09. The summed E-state index contributed by atoms with van der Waals surface area (Å²) in [4.78, 5) is 18.2. The Hall–Kier alpha value is -2.75. The van der Waals surface area contributed by atoms with Crippen LogP contribution in [0.3, 0.4) is 0 Å². The quantitative estimate of drug-likeness (QED) is 0.525. The maximum absolute atomic E-state index is 12.6. The summed E-state index contributed by atoms with van der Waals surface area (Å²) in [5, 5.41) is 4.49. The fourth-order valence-electron chi connectivity index (χ4n) is 3.45. The van der Waals surface area contributed by atoms with E-state index in [1.165, 1.54) is 4.90 Å². The topological polar surface area (TPSA) is 104 Å². The zero-order valence-electron chi connectivity index (χ0n) is 15.2. The van der Waals surface area contributed by atoms with Crippen LogP contribution < -0.4 is 11.6 Å². The van der Waals surface area contributed by atoms with Gasteiger partial charge in [-0.2, -0.15) is 18.3 Å². The van der Waals surface area contributed by atoms with Crippen molar-refractivity contribution in [1.29, 1.82) is 0 Å². The highest BCUT2D eigenvalue weighted by atomic mass is 19.4. The first-order chi connectivity index (χ1) is 13.3. The van der Waals surface area contributed by atoms with E-state index in [1.54, 1.807) is 0 Å². The number of carbonyl (C=O) groups excluding carboxylic acids is 1. The maximum Gasteiger partial charge on any atom is 0.405 e. The van der Waals surface area contributed by atoms with Gasteiger partial charge in [-0.05, 0) is 18.1 Å². The number of amidine groups is 1. The molecule has 1 aromatic heterocycles. The molecule has 1 saturated heterocycles. The lowest BCUT2D eigenvalue weighted by molar-refractivity contribution is -0.141. The number of nitrogens with zero attached hydrogens (tertiary/aromatic N) is 3. The average Bonchev–Trinajstić information content (AvgIpc) is 3.03. The number of hydrazone groups is 1. The molecule has 2 aromatic rings. The van der Waals surface area contributed by atoms with E-state index in [0.717, 1.165) is 21.4 Å². The molecule has 1 amide bonds. The van der Waals surface area contributed by atoms with Crippen molar-refractivity contribution in [3.05, 3.63) is 36.0 Å². The third-order valence-electron chi connectivity index (χ3n) is 4.80. The highest BCUT2D eigenvalue weighted by molar-refractivity contribution is 5.89. The number of nitrogens with two attached hydrogens (primary N) is 2. The minimum atomic E-state index is -4.36.